The van der Waals surface area contributed by atoms with Gasteiger partial charge in [-0.15, -0.1) is 0 Å². The van der Waals surface area contributed by atoms with Crippen molar-refractivity contribution in [2.45, 2.75) is 58.2 Å². The minimum absolute atomic E-state index is 0.0674. The first-order valence-electron chi connectivity index (χ1n) is 8.13. The van der Waals surface area contributed by atoms with Crippen molar-refractivity contribution < 1.29 is 14.3 Å². The maximum atomic E-state index is 12.7. The monoisotopic (exact) mass is 318 g/mol. The number of carbonyl (C=O) groups is 2. The Kier molecular flexibility index (Phi) is 5.29. The summed E-state index contributed by atoms with van der Waals surface area (Å²) in [5.74, 6) is -0.0674. The van der Waals surface area contributed by atoms with Gasteiger partial charge in [-0.05, 0) is 46.1 Å². The van der Waals surface area contributed by atoms with E-state index in [2.05, 4.69) is 5.32 Å². The second kappa shape index (κ2) is 7.02. The Hall–Kier alpha value is -2.04. The van der Waals surface area contributed by atoms with Crippen LogP contribution in [0.2, 0.25) is 0 Å². The number of likely N-dealkylation sites (tertiary alicyclic amines) is 1. The largest absolute Gasteiger partial charge is 0.444 e. The Bertz CT molecular complexity index is 551. The molecule has 2 atom stereocenters. The maximum Gasteiger partial charge on any atom is 0.408 e. The van der Waals surface area contributed by atoms with Crippen molar-refractivity contribution in [3.63, 3.8) is 0 Å². The number of carbonyl (C=O) groups excluding carboxylic acids is 2. The number of amides is 2. The number of hydrogen-bond donors (Lipinski definition) is 1. The molecule has 1 N–H and O–H groups in total. The molecular formula is C18H26N2O3. The first-order valence-corrected chi connectivity index (χ1v) is 8.13. The Morgan fingerprint density at radius 2 is 1.91 bits per heavy atom. The molecule has 23 heavy (non-hydrogen) atoms. The molecule has 1 aromatic carbocycles. The van der Waals surface area contributed by atoms with Crippen molar-refractivity contribution in [3.8, 4) is 0 Å². The van der Waals surface area contributed by atoms with Crippen LogP contribution in [-0.2, 0) is 9.53 Å². The number of nitrogens with one attached hydrogen (secondary N) is 1. The normalized spacial score (nSPS) is 19.3. The predicted octanol–water partition coefficient (Wildman–Crippen LogP) is 3.26. The summed E-state index contributed by atoms with van der Waals surface area (Å²) in [4.78, 5) is 26.4. The number of hydrogen-bond acceptors (Lipinski definition) is 3. The molecule has 126 valence electrons. The summed E-state index contributed by atoms with van der Waals surface area (Å²) in [6.07, 6.45) is 1.37. The molecule has 0 aromatic heterocycles. The maximum absolute atomic E-state index is 12.7. The molecule has 1 aliphatic heterocycles. The zero-order valence-corrected chi connectivity index (χ0v) is 14.3. The lowest BCUT2D eigenvalue weighted by atomic mass is 10.0. The van der Waals surface area contributed by atoms with Gasteiger partial charge in [0.25, 0.3) is 0 Å². The van der Waals surface area contributed by atoms with Crippen LogP contribution < -0.4 is 5.32 Å². The van der Waals surface area contributed by atoms with E-state index >= 15 is 0 Å². The average Bonchev–Trinajstić information content (AvgIpc) is 2.94. The first kappa shape index (κ1) is 17.3. The molecule has 2 rings (SSSR count). The van der Waals surface area contributed by atoms with E-state index in [1.807, 2.05) is 35.2 Å². The summed E-state index contributed by atoms with van der Waals surface area (Å²) in [6, 6.07) is 9.51. The summed E-state index contributed by atoms with van der Waals surface area (Å²) in [7, 11) is 0. The van der Waals surface area contributed by atoms with Gasteiger partial charge in [0, 0.05) is 6.54 Å². The van der Waals surface area contributed by atoms with Gasteiger partial charge in [0.15, 0.2) is 0 Å². The molecule has 0 aliphatic carbocycles. The van der Waals surface area contributed by atoms with Crippen LogP contribution in [-0.4, -0.2) is 35.1 Å². The van der Waals surface area contributed by atoms with Crippen molar-refractivity contribution in [2.24, 2.45) is 0 Å². The molecule has 0 saturated carbocycles. The lowest BCUT2D eigenvalue weighted by Gasteiger charge is -2.28. The number of rotatable bonds is 3. The van der Waals surface area contributed by atoms with Crippen molar-refractivity contribution >= 4 is 12.0 Å². The molecule has 0 bridgehead atoms. The van der Waals surface area contributed by atoms with E-state index in [0.717, 1.165) is 24.9 Å². The molecule has 5 nitrogen and oxygen atoms in total. The molecule has 1 heterocycles. The van der Waals surface area contributed by atoms with Crippen LogP contribution >= 0.6 is 0 Å². The molecule has 1 fully saturated rings. The van der Waals surface area contributed by atoms with Gasteiger partial charge in [-0.3, -0.25) is 4.79 Å². The van der Waals surface area contributed by atoms with E-state index in [-0.39, 0.29) is 11.9 Å². The van der Waals surface area contributed by atoms with Crippen LogP contribution in [0, 0.1) is 0 Å². The van der Waals surface area contributed by atoms with Crippen molar-refractivity contribution in [3.05, 3.63) is 35.9 Å². The highest BCUT2D eigenvalue weighted by atomic mass is 16.6. The fourth-order valence-corrected chi connectivity index (χ4v) is 2.85. The molecule has 2 amide bonds. The second-order valence-electron chi connectivity index (χ2n) is 6.97. The minimum atomic E-state index is -0.603. The zero-order valence-electron chi connectivity index (χ0n) is 14.3. The van der Waals surface area contributed by atoms with Gasteiger partial charge in [-0.2, -0.15) is 0 Å². The molecule has 5 heteroatoms. The molecule has 0 radical (unpaired) electrons. The van der Waals surface area contributed by atoms with Crippen LogP contribution in [0.25, 0.3) is 0 Å². The van der Waals surface area contributed by atoms with Crippen LogP contribution in [0.4, 0.5) is 4.79 Å². The molecule has 1 aliphatic rings. The van der Waals surface area contributed by atoms with Crippen molar-refractivity contribution in [2.75, 3.05) is 6.54 Å². The van der Waals surface area contributed by atoms with E-state index in [1.54, 1.807) is 27.7 Å². The third-order valence-electron chi connectivity index (χ3n) is 3.82. The minimum Gasteiger partial charge on any atom is -0.444 e. The predicted molar refractivity (Wildman–Crippen MR) is 89.0 cm³/mol. The Morgan fingerprint density at radius 1 is 1.26 bits per heavy atom. The van der Waals surface area contributed by atoms with Crippen molar-refractivity contribution in [1.82, 2.24) is 10.2 Å². The number of alkyl carbamates (subject to hydrolysis) is 1. The Morgan fingerprint density at radius 3 is 2.52 bits per heavy atom. The topological polar surface area (TPSA) is 58.6 Å². The Balaban J connectivity index is 2.00. The molecule has 0 unspecified atom stereocenters. The lowest BCUT2D eigenvalue weighted by Crippen LogP contribution is -2.47. The second-order valence-corrected chi connectivity index (χ2v) is 6.97. The highest BCUT2D eigenvalue weighted by Gasteiger charge is 2.33. The first-order chi connectivity index (χ1) is 10.8. The number of nitrogens with zero attached hydrogens (tertiary/aromatic N) is 1. The average molecular weight is 318 g/mol. The fraction of sp³-hybridized carbons (Fsp3) is 0.556. The summed E-state index contributed by atoms with van der Waals surface area (Å²) < 4.78 is 5.21. The zero-order chi connectivity index (χ0) is 17.0. The summed E-state index contributed by atoms with van der Waals surface area (Å²) in [5, 5.41) is 2.63. The fourth-order valence-electron chi connectivity index (χ4n) is 2.85. The standard InChI is InChI=1S/C18H26N2O3/c1-13(19-17(22)23-18(2,3)4)16(21)20-12-8-11-15(20)14-9-6-5-7-10-14/h5-7,9-10,13,15H,8,11-12H2,1-4H3,(H,19,22)/t13-,15+/m1/s1. The van der Waals surface area contributed by atoms with Gasteiger partial charge in [0.05, 0.1) is 6.04 Å². The Labute approximate surface area is 138 Å². The highest BCUT2D eigenvalue weighted by Crippen LogP contribution is 2.32. The van der Waals surface area contributed by atoms with Gasteiger partial charge in [0.1, 0.15) is 11.6 Å². The van der Waals surface area contributed by atoms with Gasteiger partial charge < -0.3 is 15.0 Å². The van der Waals surface area contributed by atoms with Crippen molar-refractivity contribution in [1.29, 1.82) is 0 Å². The van der Waals surface area contributed by atoms with Gasteiger partial charge in [-0.1, -0.05) is 30.3 Å². The van der Waals surface area contributed by atoms with E-state index in [4.69, 9.17) is 4.74 Å². The molecule has 1 aromatic rings. The van der Waals surface area contributed by atoms with Crippen LogP contribution in [0.15, 0.2) is 30.3 Å². The molecular weight excluding hydrogens is 292 g/mol. The quantitative estimate of drug-likeness (QED) is 0.930. The summed E-state index contributed by atoms with van der Waals surface area (Å²) in [5.41, 5.74) is 0.565. The van der Waals surface area contributed by atoms with Crippen LogP contribution in [0.1, 0.15) is 52.1 Å². The van der Waals surface area contributed by atoms with Gasteiger partial charge in [0.2, 0.25) is 5.91 Å². The van der Waals surface area contributed by atoms with E-state index < -0.39 is 17.7 Å². The smallest absolute Gasteiger partial charge is 0.408 e. The molecule has 0 spiro atoms. The van der Waals surface area contributed by atoms with E-state index in [9.17, 15) is 9.59 Å². The summed E-state index contributed by atoms with van der Waals surface area (Å²) in [6.45, 7) is 7.81. The van der Waals surface area contributed by atoms with Crippen LogP contribution in [0.5, 0.6) is 0 Å². The lowest BCUT2D eigenvalue weighted by molar-refractivity contribution is -0.134. The van der Waals surface area contributed by atoms with E-state index in [1.165, 1.54) is 0 Å². The highest BCUT2D eigenvalue weighted by molar-refractivity contribution is 5.85. The molecule has 1 saturated heterocycles. The number of benzene rings is 1. The third kappa shape index (κ3) is 4.71. The third-order valence-corrected chi connectivity index (χ3v) is 3.82. The number of ether oxygens (including phenoxy) is 1. The van der Waals surface area contributed by atoms with E-state index in [0.29, 0.717) is 0 Å². The van der Waals surface area contributed by atoms with Gasteiger partial charge in [-0.25, -0.2) is 4.79 Å². The van der Waals surface area contributed by atoms with Crippen LogP contribution in [0.3, 0.4) is 0 Å². The van der Waals surface area contributed by atoms with Gasteiger partial charge >= 0.3 is 6.09 Å². The summed E-state index contributed by atoms with van der Waals surface area (Å²) >= 11 is 0. The SMILES string of the molecule is C[C@@H](NC(=O)OC(C)(C)C)C(=O)N1CCC[C@H]1c1ccccc1.